The Hall–Kier alpha value is -1.57. The Kier molecular flexibility index (Phi) is 1.72. The molecule has 0 saturated carbocycles. The molecule has 15 heavy (non-hydrogen) atoms. The minimum Gasteiger partial charge on any atom is -0.461 e. The minimum absolute atomic E-state index is 0.261. The van der Waals surface area contributed by atoms with E-state index in [-0.39, 0.29) is 5.78 Å². The van der Waals surface area contributed by atoms with E-state index in [0.29, 0.717) is 6.42 Å². The number of carbonyl (C=O) groups excluding carboxylic acids is 1. The van der Waals surface area contributed by atoms with E-state index in [1.165, 1.54) is 5.56 Å². The quantitative estimate of drug-likeness (QED) is 0.643. The first-order valence-corrected chi connectivity index (χ1v) is 5.26. The van der Waals surface area contributed by atoms with Gasteiger partial charge in [0.1, 0.15) is 11.5 Å². The van der Waals surface area contributed by atoms with Gasteiger partial charge in [0.05, 0.1) is 0 Å². The number of aryl methyl sites for hydroxylation is 1. The van der Waals surface area contributed by atoms with E-state index in [9.17, 15) is 4.79 Å². The van der Waals surface area contributed by atoms with Gasteiger partial charge in [0.2, 0.25) is 0 Å². The van der Waals surface area contributed by atoms with Crippen LogP contribution < -0.4 is 4.74 Å². The topological polar surface area (TPSA) is 26.3 Å². The van der Waals surface area contributed by atoms with Gasteiger partial charge in [-0.25, -0.2) is 0 Å². The van der Waals surface area contributed by atoms with Gasteiger partial charge in [-0.3, -0.25) is 4.79 Å². The molecule has 0 atom stereocenters. The maximum Gasteiger partial charge on any atom is 0.163 e. The molecule has 2 nitrogen and oxygen atoms in total. The van der Waals surface area contributed by atoms with Crippen molar-refractivity contribution in [1.82, 2.24) is 0 Å². The molecule has 0 fully saturated rings. The van der Waals surface area contributed by atoms with Crippen molar-refractivity contribution < 1.29 is 9.53 Å². The van der Waals surface area contributed by atoms with Gasteiger partial charge in [-0.2, -0.15) is 0 Å². The molecule has 1 aliphatic heterocycles. The summed E-state index contributed by atoms with van der Waals surface area (Å²) in [6.45, 7) is 2.06. The highest BCUT2D eigenvalue weighted by Crippen LogP contribution is 2.36. The van der Waals surface area contributed by atoms with Gasteiger partial charge in [-0.1, -0.05) is 17.7 Å². The molecule has 2 heteroatoms. The van der Waals surface area contributed by atoms with Crippen LogP contribution in [0.5, 0.6) is 5.75 Å². The summed E-state index contributed by atoms with van der Waals surface area (Å²) in [5.74, 6) is 2.09. The molecule has 0 bridgehead atoms. The van der Waals surface area contributed by atoms with E-state index in [2.05, 4.69) is 13.0 Å². The molecule has 0 radical (unpaired) electrons. The lowest BCUT2D eigenvalue weighted by atomic mass is 9.99. The van der Waals surface area contributed by atoms with Crippen LogP contribution in [-0.4, -0.2) is 5.78 Å². The summed E-state index contributed by atoms with van der Waals surface area (Å²) < 4.78 is 5.74. The molecule has 76 valence electrons. The third kappa shape index (κ3) is 1.29. The Morgan fingerprint density at radius 3 is 3.00 bits per heavy atom. The molecule has 0 spiro atoms. The van der Waals surface area contributed by atoms with Crippen molar-refractivity contribution in [2.45, 2.75) is 26.2 Å². The van der Waals surface area contributed by atoms with Crippen LogP contribution in [0.1, 0.15) is 24.0 Å². The largest absolute Gasteiger partial charge is 0.461 e. The number of allylic oxidation sites excluding steroid dienone is 2. The average Bonchev–Trinajstić information content (AvgIpc) is 2.57. The molecule has 1 aliphatic carbocycles. The molecule has 0 aromatic heterocycles. The standard InChI is InChI=1S/C13H12O2/c1-8-2-4-12-9(6-8)7-10-11(14)3-5-13(10)15-12/h2,4,6H,3,5,7H2,1H3. The summed E-state index contributed by atoms with van der Waals surface area (Å²) in [6, 6.07) is 6.14. The second-order valence-electron chi connectivity index (χ2n) is 4.21. The fourth-order valence-electron chi connectivity index (χ4n) is 2.26. The summed E-state index contributed by atoms with van der Waals surface area (Å²) in [5.41, 5.74) is 3.25. The summed E-state index contributed by atoms with van der Waals surface area (Å²) >= 11 is 0. The number of hydrogen-bond acceptors (Lipinski definition) is 2. The van der Waals surface area contributed by atoms with Gasteiger partial charge in [-0.15, -0.1) is 0 Å². The molecule has 0 saturated heterocycles. The van der Waals surface area contributed by atoms with Crippen molar-refractivity contribution in [1.29, 1.82) is 0 Å². The Morgan fingerprint density at radius 2 is 2.13 bits per heavy atom. The van der Waals surface area contributed by atoms with Crippen molar-refractivity contribution in [3.8, 4) is 5.75 Å². The number of rotatable bonds is 0. The lowest BCUT2D eigenvalue weighted by Gasteiger charge is -2.18. The van der Waals surface area contributed by atoms with Gasteiger partial charge >= 0.3 is 0 Å². The number of Topliss-reactive ketones (excluding diaryl/α,β-unsaturated/α-hetero) is 1. The SMILES string of the molecule is Cc1ccc2c(c1)CC1=C(CCC1=O)O2. The Bertz CT molecular complexity index is 483. The zero-order valence-corrected chi connectivity index (χ0v) is 8.67. The maximum absolute atomic E-state index is 11.6. The number of ketones is 1. The molecule has 0 N–H and O–H groups in total. The van der Waals surface area contributed by atoms with Crippen molar-refractivity contribution in [3.63, 3.8) is 0 Å². The first kappa shape index (κ1) is 8.72. The second kappa shape index (κ2) is 2.96. The van der Waals surface area contributed by atoms with Gasteiger partial charge in [-0.05, 0) is 18.6 Å². The van der Waals surface area contributed by atoms with Crippen LogP contribution in [0.3, 0.4) is 0 Å². The highest BCUT2D eigenvalue weighted by molar-refractivity contribution is 5.99. The van der Waals surface area contributed by atoms with E-state index < -0.39 is 0 Å². The number of carbonyl (C=O) groups is 1. The molecule has 1 aromatic rings. The maximum atomic E-state index is 11.6. The van der Waals surface area contributed by atoms with Crippen LogP contribution in [0.15, 0.2) is 29.5 Å². The predicted molar refractivity (Wildman–Crippen MR) is 56.8 cm³/mol. The highest BCUT2D eigenvalue weighted by Gasteiger charge is 2.29. The normalized spacial score (nSPS) is 18.6. The molecule has 3 rings (SSSR count). The van der Waals surface area contributed by atoms with Crippen LogP contribution in [0, 0.1) is 6.92 Å². The highest BCUT2D eigenvalue weighted by atomic mass is 16.5. The van der Waals surface area contributed by atoms with Crippen LogP contribution in [0.2, 0.25) is 0 Å². The third-order valence-corrected chi connectivity index (χ3v) is 3.07. The van der Waals surface area contributed by atoms with Gasteiger partial charge in [0, 0.05) is 24.8 Å². The first-order valence-electron chi connectivity index (χ1n) is 5.26. The van der Waals surface area contributed by atoms with E-state index in [1.54, 1.807) is 0 Å². The van der Waals surface area contributed by atoms with Crippen molar-refractivity contribution in [2.75, 3.05) is 0 Å². The smallest absolute Gasteiger partial charge is 0.163 e. The molecule has 2 aliphatic rings. The zero-order chi connectivity index (χ0) is 10.4. The van der Waals surface area contributed by atoms with Crippen LogP contribution in [0.4, 0.5) is 0 Å². The summed E-state index contributed by atoms with van der Waals surface area (Å²) in [5, 5.41) is 0. The molecule has 0 unspecified atom stereocenters. The summed E-state index contributed by atoms with van der Waals surface area (Å²) in [6.07, 6.45) is 2.16. The Labute approximate surface area is 88.6 Å². The number of ether oxygens (including phenoxy) is 1. The van der Waals surface area contributed by atoms with Gasteiger partial charge < -0.3 is 4.74 Å². The van der Waals surface area contributed by atoms with E-state index in [4.69, 9.17) is 4.74 Å². The van der Waals surface area contributed by atoms with E-state index >= 15 is 0 Å². The fraction of sp³-hybridized carbons (Fsp3) is 0.308. The lowest BCUT2D eigenvalue weighted by molar-refractivity contribution is -0.115. The molecule has 1 aromatic carbocycles. The fourth-order valence-corrected chi connectivity index (χ4v) is 2.26. The van der Waals surface area contributed by atoms with Crippen LogP contribution in [0.25, 0.3) is 0 Å². The summed E-state index contributed by atoms with van der Waals surface area (Å²) in [7, 11) is 0. The first-order chi connectivity index (χ1) is 7.24. The Morgan fingerprint density at radius 1 is 1.27 bits per heavy atom. The molecule has 1 heterocycles. The molecular weight excluding hydrogens is 188 g/mol. The van der Waals surface area contributed by atoms with Crippen molar-refractivity contribution >= 4 is 5.78 Å². The average molecular weight is 200 g/mol. The number of hydrogen-bond donors (Lipinski definition) is 0. The number of fused-ring (bicyclic) bond motifs is 1. The predicted octanol–water partition coefficient (Wildman–Crippen LogP) is 2.55. The van der Waals surface area contributed by atoms with E-state index in [1.807, 2.05) is 12.1 Å². The van der Waals surface area contributed by atoms with Crippen LogP contribution in [-0.2, 0) is 11.2 Å². The third-order valence-electron chi connectivity index (χ3n) is 3.07. The second-order valence-corrected chi connectivity index (χ2v) is 4.21. The lowest BCUT2D eigenvalue weighted by Crippen LogP contribution is -2.10. The van der Waals surface area contributed by atoms with Crippen LogP contribution >= 0.6 is 0 Å². The van der Waals surface area contributed by atoms with Crippen molar-refractivity contribution in [3.05, 3.63) is 40.7 Å². The summed E-state index contributed by atoms with van der Waals surface area (Å²) in [4.78, 5) is 11.6. The minimum atomic E-state index is 0.261. The molecular formula is C13H12O2. The zero-order valence-electron chi connectivity index (χ0n) is 8.67. The monoisotopic (exact) mass is 200 g/mol. The van der Waals surface area contributed by atoms with E-state index in [0.717, 1.165) is 35.5 Å². The van der Waals surface area contributed by atoms with Gasteiger partial charge in [0.15, 0.2) is 5.78 Å². The van der Waals surface area contributed by atoms with Crippen molar-refractivity contribution in [2.24, 2.45) is 0 Å². The number of benzene rings is 1. The van der Waals surface area contributed by atoms with Gasteiger partial charge in [0.25, 0.3) is 0 Å². The Balaban J connectivity index is 2.06. The molecule has 0 amide bonds.